The Labute approximate surface area is 154 Å². The molecule has 1 N–H and O–H groups in total. The van der Waals surface area contributed by atoms with Crippen LogP contribution >= 0.6 is 0 Å². The van der Waals surface area contributed by atoms with Crippen molar-refractivity contribution >= 4 is 36.6 Å². The van der Waals surface area contributed by atoms with E-state index in [2.05, 4.69) is 12.6 Å². The van der Waals surface area contributed by atoms with Crippen molar-refractivity contribution in [3.05, 3.63) is 36.4 Å². The SMILES string of the molecule is COc1ccccc1OC.[B]C([B])([B])NCCC1C=CC(=O)C2[B]C12. The lowest BCUT2D eigenvalue weighted by Gasteiger charge is -2.24. The van der Waals surface area contributed by atoms with Gasteiger partial charge in [-0.25, -0.2) is 0 Å². The minimum absolute atomic E-state index is 0.165. The maximum atomic E-state index is 11.2. The van der Waals surface area contributed by atoms with Gasteiger partial charge in [-0.05, 0) is 42.9 Å². The van der Waals surface area contributed by atoms with E-state index in [0.29, 0.717) is 18.3 Å². The molecule has 123 valence electrons. The molecule has 1 aliphatic carbocycles. The first-order valence-electron chi connectivity index (χ1n) is 8.21. The molecule has 2 aliphatic rings. The molecule has 25 heavy (non-hydrogen) atoms. The van der Waals surface area contributed by atoms with E-state index in [1.54, 1.807) is 20.3 Å². The molecule has 0 bridgehead atoms. The molecule has 1 aromatic carbocycles. The van der Waals surface area contributed by atoms with E-state index in [1.165, 1.54) is 0 Å². The van der Waals surface area contributed by atoms with E-state index in [4.69, 9.17) is 33.0 Å². The fourth-order valence-corrected chi connectivity index (χ4v) is 2.86. The average molecular weight is 330 g/mol. The summed E-state index contributed by atoms with van der Waals surface area (Å²) in [5.41, 5.74) is 0. The number of rotatable bonds is 6. The second-order valence-electron chi connectivity index (χ2n) is 6.22. The molecule has 8 heteroatoms. The highest BCUT2D eigenvalue weighted by Gasteiger charge is 2.48. The predicted molar refractivity (Wildman–Crippen MR) is 103 cm³/mol. The molecule has 1 fully saturated rings. The first-order valence-corrected chi connectivity index (χ1v) is 8.21. The summed E-state index contributed by atoms with van der Waals surface area (Å²) in [6.45, 7) is 0.657. The first-order chi connectivity index (χ1) is 11.9. The van der Waals surface area contributed by atoms with Crippen LogP contribution in [0.1, 0.15) is 6.42 Å². The zero-order valence-electron chi connectivity index (χ0n) is 14.6. The van der Waals surface area contributed by atoms with Gasteiger partial charge in [0.15, 0.2) is 11.5 Å². The van der Waals surface area contributed by atoms with Gasteiger partial charge >= 0.3 is 0 Å². The molecule has 0 saturated carbocycles. The topological polar surface area (TPSA) is 47.6 Å². The lowest BCUT2D eigenvalue weighted by Crippen LogP contribution is -2.47. The summed E-state index contributed by atoms with van der Waals surface area (Å²) >= 11 is 0. The monoisotopic (exact) mass is 330 g/mol. The highest BCUT2D eigenvalue weighted by molar-refractivity contribution is 6.62. The Hall–Kier alpha value is -1.55. The van der Waals surface area contributed by atoms with Gasteiger partial charge in [-0.15, -0.1) is 0 Å². The van der Waals surface area contributed by atoms with Crippen LogP contribution in [0, 0.1) is 5.92 Å². The van der Waals surface area contributed by atoms with Crippen molar-refractivity contribution in [1.29, 1.82) is 0 Å². The third-order valence-electron chi connectivity index (χ3n) is 4.23. The maximum Gasteiger partial charge on any atom is 0.160 e. The normalized spacial score (nSPS) is 23.6. The molecule has 7 radical (unpaired) electrons. The number of ketones is 1. The van der Waals surface area contributed by atoms with Crippen LogP contribution in [0.15, 0.2) is 36.4 Å². The largest absolute Gasteiger partial charge is 0.493 e. The second kappa shape index (κ2) is 8.70. The van der Waals surface area contributed by atoms with Gasteiger partial charge in [0, 0.05) is 0 Å². The molecule has 0 spiro atoms. The Kier molecular flexibility index (Phi) is 6.88. The van der Waals surface area contributed by atoms with Gasteiger partial charge in [-0.1, -0.05) is 29.3 Å². The number of hydrogen-bond donors (Lipinski definition) is 1. The van der Waals surface area contributed by atoms with Gasteiger partial charge < -0.3 is 14.8 Å². The number of hydrogen-bond acceptors (Lipinski definition) is 4. The predicted octanol–water partition coefficient (Wildman–Crippen LogP) is 0.837. The molecule has 3 atom stereocenters. The molecule has 4 nitrogen and oxygen atoms in total. The van der Waals surface area contributed by atoms with Crippen LogP contribution in [0.2, 0.25) is 11.6 Å². The summed E-state index contributed by atoms with van der Waals surface area (Å²) in [6.07, 6.45) is 4.55. The Morgan fingerprint density at radius 3 is 2.28 bits per heavy atom. The molecule has 1 saturated heterocycles. The number of fused-ring (bicyclic) bond motifs is 1. The Balaban J connectivity index is 0.000000196. The van der Waals surface area contributed by atoms with Crippen LogP contribution in [-0.4, -0.2) is 62.6 Å². The Morgan fingerprint density at radius 1 is 1.16 bits per heavy atom. The molecule has 1 heterocycles. The fourth-order valence-electron chi connectivity index (χ4n) is 2.86. The molecule has 3 rings (SSSR count). The van der Waals surface area contributed by atoms with Gasteiger partial charge in [0.2, 0.25) is 0 Å². The van der Waals surface area contributed by atoms with E-state index in [0.717, 1.165) is 17.9 Å². The third-order valence-corrected chi connectivity index (χ3v) is 4.23. The van der Waals surface area contributed by atoms with Gasteiger partial charge in [-0.2, -0.15) is 0 Å². The quantitative estimate of drug-likeness (QED) is 0.786. The van der Waals surface area contributed by atoms with Crippen LogP contribution in [-0.2, 0) is 4.79 Å². The minimum Gasteiger partial charge on any atom is -0.493 e. The van der Waals surface area contributed by atoms with E-state index < -0.39 is 5.24 Å². The second-order valence-corrected chi connectivity index (χ2v) is 6.22. The number of carbonyl (C=O) groups excluding carboxylic acids is 1. The van der Waals surface area contributed by atoms with Crippen LogP contribution < -0.4 is 14.8 Å². The summed E-state index contributed by atoms with van der Waals surface area (Å²) in [5.74, 6) is 2.78. The van der Waals surface area contributed by atoms with Gasteiger partial charge in [0.05, 0.1) is 37.8 Å². The van der Waals surface area contributed by atoms with Crippen molar-refractivity contribution in [2.75, 3.05) is 20.8 Å². The fraction of sp³-hybridized carbons (Fsp3) is 0.471. The molecular formula is C17H20B4NO3. The highest BCUT2D eigenvalue weighted by Crippen LogP contribution is 2.52. The molecule has 0 amide bonds. The van der Waals surface area contributed by atoms with Crippen LogP contribution in [0.4, 0.5) is 0 Å². The number of ether oxygens (including phenoxy) is 2. The summed E-state index contributed by atoms with van der Waals surface area (Å²) in [4.78, 5) is 11.2. The molecular weight excluding hydrogens is 309 g/mol. The Morgan fingerprint density at radius 2 is 1.76 bits per heavy atom. The maximum absolute atomic E-state index is 11.2. The van der Waals surface area contributed by atoms with Gasteiger partial charge in [0.1, 0.15) is 13.1 Å². The number of nitrogens with one attached hydrogen (secondary N) is 1. The van der Waals surface area contributed by atoms with Crippen molar-refractivity contribution in [1.82, 2.24) is 5.32 Å². The molecule has 1 aliphatic heterocycles. The number of para-hydroxylation sites is 2. The first kappa shape index (κ1) is 19.8. The van der Waals surface area contributed by atoms with Crippen molar-refractivity contribution in [2.45, 2.75) is 23.3 Å². The van der Waals surface area contributed by atoms with Gasteiger partial charge in [-0.3, -0.25) is 4.79 Å². The van der Waals surface area contributed by atoms with E-state index >= 15 is 0 Å². The van der Waals surface area contributed by atoms with Crippen molar-refractivity contribution in [3.8, 4) is 11.5 Å². The van der Waals surface area contributed by atoms with Crippen molar-refractivity contribution in [3.63, 3.8) is 0 Å². The number of benzene rings is 1. The summed E-state index contributed by atoms with van der Waals surface area (Å²) < 4.78 is 10.0. The standard InChI is InChI=1S/C9H10B4NO.C8H10O2/c10-9(11,12)14-4-3-5-1-2-6(15)8-7(5)13-8;1-9-7-5-3-4-6-8(7)10-2/h1-2,5,7-8,14H,3-4H2;3-6H,1-2H3. The zero-order valence-corrected chi connectivity index (χ0v) is 14.6. The Bertz CT molecular complexity index is 595. The minimum atomic E-state index is -1.30. The summed E-state index contributed by atoms with van der Waals surface area (Å²) in [7, 11) is 21.5. The molecule has 0 aromatic heterocycles. The molecule has 1 aromatic rings. The smallest absolute Gasteiger partial charge is 0.160 e. The van der Waals surface area contributed by atoms with Crippen molar-refractivity contribution in [2.24, 2.45) is 5.92 Å². The highest BCUT2D eigenvalue weighted by atomic mass is 16.5. The van der Waals surface area contributed by atoms with E-state index in [-0.39, 0.29) is 11.6 Å². The number of carbonyl (C=O) groups is 1. The lowest BCUT2D eigenvalue weighted by atomic mass is 9.49. The summed E-state index contributed by atoms with van der Waals surface area (Å²) in [6, 6.07) is 7.53. The summed E-state index contributed by atoms with van der Waals surface area (Å²) in [5, 5.41) is 1.52. The third kappa shape index (κ3) is 6.03. The average Bonchev–Trinajstić information content (AvgIpc) is 3.38. The lowest BCUT2D eigenvalue weighted by molar-refractivity contribution is -0.114. The van der Waals surface area contributed by atoms with Crippen molar-refractivity contribution < 1.29 is 14.3 Å². The number of allylic oxidation sites excluding steroid dienone is 2. The van der Waals surface area contributed by atoms with E-state index in [9.17, 15) is 4.79 Å². The van der Waals surface area contributed by atoms with Crippen LogP contribution in [0.3, 0.4) is 0 Å². The van der Waals surface area contributed by atoms with E-state index in [1.807, 2.05) is 30.3 Å². The van der Waals surface area contributed by atoms with Crippen LogP contribution in [0.5, 0.6) is 11.5 Å². The van der Waals surface area contributed by atoms with Gasteiger partial charge in [0.25, 0.3) is 0 Å². The zero-order chi connectivity index (χ0) is 18.4. The van der Waals surface area contributed by atoms with Crippen LogP contribution in [0.25, 0.3) is 0 Å². The number of methoxy groups -OCH3 is 2. The molecule has 3 unspecified atom stereocenters.